The third kappa shape index (κ3) is 5.20. The molecule has 3 aromatic carbocycles. The Hall–Kier alpha value is -1.73. The van der Waals surface area contributed by atoms with Gasteiger partial charge in [0.25, 0.3) is 0 Å². The van der Waals surface area contributed by atoms with E-state index in [9.17, 15) is 0 Å². The number of anilines is 1. The van der Waals surface area contributed by atoms with Crippen LogP contribution in [0.3, 0.4) is 0 Å². The summed E-state index contributed by atoms with van der Waals surface area (Å²) in [5.41, 5.74) is 5.98. The molecule has 0 amide bonds. The molecule has 146 valence electrons. The number of hydrogen-bond donors (Lipinski definition) is 1. The lowest BCUT2D eigenvalue weighted by atomic mass is 10.1. The summed E-state index contributed by atoms with van der Waals surface area (Å²) >= 11 is 5.76. The molecule has 0 saturated heterocycles. The van der Waals surface area contributed by atoms with Crippen LogP contribution in [0.1, 0.15) is 22.3 Å². The smallest absolute Gasteiger partial charge is 0.174 e. The molecule has 28 heavy (non-hydrogen) atoms. The first kappa shape index (κ1) is 21.0. The van der Waals surface area contributed by atoms with Gasteiger partial charge in [-0.05, 0) is 89.0 Å². The van der Waals surface area contributed by atoms with Crippen LogP contribution in [-0.4, -0.2) is 7.11 Å². The minimum absolute atomic E-state index is 0.500. The Kier molecular flexibility index (Phi) is 7.24. The molecule has 5 heteroatoms. The molecule has 0 aliphatic rings. The van der Waals surface area contributed by atoms with Crippen LogP contribution in [0, 0.1) is 17.4 Å². The van der Waals surface area contributed by atoms with Crippen LogP contribution in [0.2, 0.25) is 0 Å². The van der Waals surface area contributed by atoms with Gasteiger partial charge in [0, 0.05) is 16.7 Å². The summed E-state index contributed by atoms with van der Waals surface area (Å²) in [5, 5.41) is 3.53. The van der Waals surface area contributed by atoms with Crippen LogP contribution in [-0.2, 0) is 13.2 Å². The lowest BCUT2D eigenvalue weighted by Crippen LogP contribution is -2.04. The molecule has 0 saturated carbocycles. The van der Waals surface area contributed by atoms with Crippen molar-refractivity contribution in [1.29, 1.82) is 0 Å². The SMILES string of the molecule is COc1cc(CNc2cccc(C)c2C)cc(I)c1OCc1ccc(Br)cc1. The first-order chi connectivity index (χ1) is 13.5. The van der Waals surface area contributed by atoms with Crippen LogP contribution in [0.15, 0.2) is 59.1 Å². The second kappa shape index (κ2) is 9.65. The molecular formula is C23H23BrINO2. The van der Waals surface area contributed by atoms with Crippen molar-refractivity contribution in [2.45, 2.75) is 27.0 Å². The van der Waals surface area contributed by atoms with Gasteiger partial charge in [-0.1, -0.05) is 40.2 Å². The van der Waals surface area contributed by atoms with E-state index in [2.05, 4.69) is 82.0 Å². The van der Waals surface area contributed by atoms with Crippen molar-refractivity contribution in [2.75, 3.05) is 12.4 Å². The van der Waals surface area contributed by atoms with Gasteiger partial charge >= 0.3 is 0 Å². The molecule has 3 nitrogen and oxygen atoms in total. The lowest BCUT2D eigenvalue weighted by Gasteiger charge is -2.16. The monoisotopic (exact) mass is 551 g/mol. The fourth-order valence-electron chi connectivity index (χ4n) is 2.89. The van der Waals surface area contributed by atoms with Crippen molar-refractivity contribution in [3.8, 4) is 11.5 Å². The normalized spacial score (nSPS) is 10.6. The predicted octanol–water partition coefficient (Wildman–Crippen LogP) is 6.87. The highest BCUT2D eigenvalue weighted by molar-refractivity contribution is 14.1. The molecule has 0 atom stereocenters. The summed E-state index contributed by atoms with van der Waals surface area (Å²) in [6.45, 7) is 5.49. The predicted molar refractivity (Wildman–Crippen MR) is 127 cm³/mol. The molecule has 3 rings (SSSR count). The van der Waals surface area contributed by atoms with Crippen molar-refractivity contribution >= 4 is 44.2 Å². The molecule has 3 aromatic rings. The summed E-state index contributed by atoms with van der Waals surface area (Å²) in [6, 6.07) is 18.6. The van der Waals surface area contributed by atoms with E-state index >= 15 is 0 Å². The Morgan fingerprint density at radius 3 is 2.46 bits per heavy atom. The highest BCUT2D eigenvalue weighted by Crippen LogP contribution is 2.35. The minimum atomic E-state index is 0.500. The van der Waals surface area contributed by atoms with Crippen molar-refractivity contribution < 1.29 is 9.47 Å². The fourth-order valence-corrected chi connectivity index (χ4v) is 3.98. The third-order valence-corrected chi connectivity index (χ3v) is 6.00. The van der Waals surface area contributed by atoms with Crippen LogP contribution in [0.4, 0.5) is 5.69 Å². The number of hydrogen-bond acceptors (Lipinski definition) is 3. The molecule has 0 fully saturated rings. The van der Waals surface area contributed by atoms with Crippen LogP contribution in [0.5, 0.6) is 11.5 Å². The second-order valence-electron chi connectivity index (χ2n) is 6.63. The first-order valence-corrected chi connectivity index (χ1v) is 10.9. The number of aryl methyl sites for hydroxylation is 1. The van der Waals surface area contributed by atoms with E-state index < -0.39 is 0 Å². The van der Waals surface area contributed by atoms with E-state index in [1.165, 1.54) is 11.1 Å². The van der Waals surface area contributed by atoms with Gasteiger partial charge in [0.2, 0.25) is 0 Å². The molecular weight excluding hydrogens is 529 g/mol. The van der Waals surface area contributed by atoms with Crippen molar-refractivity contribution in [3.63, 3.8) is 0 Å². The molecule has 1 N–H and O–H groups in total. The molecule has 0 spiro atoms. The zero-order chi connectivity index (χ0) is 20.1. The molecule has 0 aromatic heterocycles. The largest absolute Gasteiger partial charge is 0.493 e. The Morgan fingerprint density at radius 1 is 1.00 bits per heavy atom. The van der Waals surface area contributed by atoms with E-state index in [1.807, 2.05) is 30.3 Å². The van der Waals surface area contributed by atoms with Gasteiger partial charge in [-0.2, -0.15) is 0 Å². The Balaban J connectivity index is 1.73. The van der Waals surface area contributed by atoms with Gasteiger partial charge in [-0.15, -0.1) is 0 Å². The number of benzene rings is 3. The topological polar surface area (TPSA) is 30.5 Å². The van der Waals surface area contributed by atoms with Crippen molar-refractivity contribution in [3.05, 3.63) is 84.9 Å². The Morgan fingerprint density at radius 2 is 1.75 bits per heavy atom. The second-order valence-corrected chi connectivity index (χ2v) is 8.70. The van der Waals surface area contributed by atoms with Crippen molar-refractivity contribution in [1.82, 2.24) is 0 Å². The quantitative estimate of drug-likeness (QED) is 0.325. The van der Waals surface area contributed by atoms with Crippen molar-refractivity contribution in [2.24, 2.45) is 0 Å². The first-order valence-electron chi connectivity index (χ1n) is 9.01. The Bertz CT molecular complexity index is 958. The standard InChI is InChI=1S/C23H23BrINO2/c1-15-5-4-6-21(16(15)2)26-13-18-11-20(25)23(22(12-18)27-3)28-14-17-7-9-19(24)10-8-17/h4-12,26H,13-14H2,1-3H3. The highest BCUT2D eigenvalue weighted by Gasteiger charge is 2.12. The van der Waals surface area contributed by atoms with Gasteiger partial charge in [-0.3, -0.25) is 0 Å². The van der Waals surface area contributed by atoms with E-state index in [0.717, 1.165) is 42.9 Å². The number of nitrogens with one attached hydrogen (secondary N) is 1. The lowest BCUT2D eigenvalue weighted by molar-refractivity contribution is 0.282. The average Bonchev–Trinajstić information content (AvgIpc) is 2.69. The molecule has 0 unspecified atom stereocenters. The number of methoxy groups -OCH3 is 1. The van der Waals surface area contributed by atoms with Crippen LogP contribution < -0.4 is 14.8 Å². The maximum atomic E-state index is 6.07. The molecule has 0 heterocycles. The Labute approximate surface area is 188 Å². The zero-order valence-corrected chi connectivity index (χ0v) is 19.9. The summed E-state index contributed by atoms with van der Waals surface area (Å²) in [7, 11) is 1.68. The van der Waals surface area contributed by atoms with Gasteiger partial charge in [0.15, 0.2) is 11.5 Å². The number of rotatable bonds is 7. The molecule has 0 aliphatic heterocycles. The minimum Gasteiger partial charge on any atom is -0.493 e. The summed E-state index contributed by atoms with van der Waals surface area (Å²) in [5.74, 6) is 1.53. The zero-order valence-electron chi connectivity index (χ0n) is 16.2. The van der Waals surface area contributed by atoms with E-state index in [-0.39, 0.29) is 0 Å². The van der Waals surface area contributed by atoms with Crippen LogP contribution in [0.25, 0.3) is 0 Å². The fraction of sp³-hybridized carbons (Fsp3) is 0.217. The van der Waals surface area contributed by atoms with Crippen LogP contribution >= 0.6 is 38.5 Å². The van der Waals surface area contributed by atoms with Gasteiger partial charge in [0.05, 0.1) is 10.7 Å². The molecule has 0 aliphatic carbocycles. The van der Waals surface area contributed by atoms with E-state index in [0.29, 0.717) is 6.61 Å². The highest BCUT2D eigenvalue weighted by atomic mass is 127. The summed E-state index contributed by atoms with van der Waals surface area (Å²) < 4.78 is 13.8. The molecule has 0 radical (unpaired) electrons. The maximum absolute atomic E-state index is 6.07. The maximum Gasteiger partial charge on any atom is 0.174 e. The van der Waals surface area contributed by atoms with Gasteiger partial charge in [0.1, 0.15) is 6.61 Å². The van der Waals surface area contributed by atoms with Gasteiger partial charge in [-0.25, -0.2) is 0 Å². The third-order valence-electron chi connectivity index (χ3n) is 4.67. The summed E-state index contributed by atoms with van der Waals surface area (Å²) in [6.07, 6.45) is 0. The number of halogens is 2. The summed E-state index contributed by atoms with van der Waals surface area (Å²) in [4.78, 5) is 0. The molecule has 0 bridgehead atoms. The van der Waals surface area contributed by atoms with E-state index in [1.54, 1.807) is 7.11 Å². The average molecular weight is 552 g/mol. The van der Waals surface area contributed by atoms with E-state index in [4.69, 9.17) is 9.47 Å². The van der Waals surface area contributed by atoms with Gasteiger partial charge < -0.3 is 14.8 Å². The number of ether oxygens (including phenoxy) is 2.